The summed E-state index contributed by atoms with van der Waals surface area (Å²) < 4.78 is 24.8. The van der Waals surface area contributed by atoms with Crippen molar-refractivity contribution in [1.82, 2.24) is 5.32 Å². The van der Waals surface area contributed by atoms with Gasteiger partial charge in [-0.05, 0) is 13.0 Å². The molecule has 1 aliphatic rings. The number of nitrogens with one attached hydrogen (secondary N) is 1. The van der Waals surface area contributed by atoms with E-state index in [9.17, 15) is 8.78 Å². The van der Waals surface area contributed by atoms with E-state index in [1.54, 1.807) is 0 Å². The summed E-state index contributed by atoms with van der Waals surface area (Å²) in [7, 11) is 0. The molecular formula is C5H11ClF2N2. The predicted molar refractivity (Wildman–Crippen MR) is 37.7 cm³/mol. The third-order valence-electron chi connectivity index (χ3n) is 1.54. The second kappa shape index (κ2) is 3.46. The molecule has 0 radical (unpaired) electrons. The van der Waals surface area contributed by atoms with Crippen LogP contribution in [0.4, 0.5) is 8.78 Å². The van der Waals surface area contributed by atoms with Crippen LogP contribution in [-0.2, 0) is 0 Å². The summed E-state index contributed by atoms with van der Waals surface area (Å²) in [5.74, 6) is -2.70. The van der Waals surface area contributed by atoms with E-state index in [0.717, 1.165) is 0 Å². The van der Waals surface area contributed by atoms with Crippen LogP contribution in [0, 0.1) is 0 Å². The summed E-state index contributed by atoms with van der Waals surface area (Å²) in [6.45, 7) is 0.338. The summed E-state index contributed by atoms with van der Waals surface area (Å²) in [4.78, 5) is 0. The zero-order valence-corrected chi connectivity index (χ0v) is 6.26. The Balaban J connectivity index is 0.000000810. The maximum absolute atomic E-state index is 12.4. The molecule has 1 aliphatic heterocycles. The zero-order chi connectivity index (χ0) is 6.91. The Labute approximate surface area is 64.6 Å². The second-order valence-electron chi connectivity index (χ2n) is 2.33. The molecule has 2 nitrogen and oxygen atoms in total. The Hall–Kier alpha value is 0.0700. The lowest BCUT2D eigenvalue weighted by atomic mass is 10.0. The van der Waals surface area contributed by atoms with Gasteiger partial charge < -0.3 is 11.1 Å². The van der Waals surface area contributed by atoms with Gasteiger partial charge in [0.25, 0.3) is 5.92 Å². The molecule has 0 aromatic carbocycles. The van der Waals surface area contributed by atoms with Crippen LogP contribution in [0.2, 0.25) is 0 Å². The molecule has 0 aromatic heterocycles. The Morgan fingerprint density at radius 2 is 2.10 bits per heavy atom. The number of rotatable bonds is 0. The fourth-order valence-corrected chi connectivity index (χ4v) is 0.855. The Morgan fingerprint density at radius 1 is 1.50 bits per heavy atom. The summed E-state index contributed by atoms with van der Waals surface area (Å²) in [6.07, 6.45) is 0.368. The molecule has 0 unspecified atom stereocenters. The first-order valence-electron chi connectivity index (χ1n) is 2.97. The van der Waals surface area contributed by atoms with Gasteiger partial charge in [-0.1, -0.05) is 0 Å². The van der Waals surface area contributed by atoms with E-state index < -0.39 is 12.0 Å². The SMILES string of the molecule is Cl.N[C@@H]1CCNCC1(F)F. The number of halogens is 3. The first-order valence-corrected chi connectivity index (χ1v) is 2.97. The highest BCUT2D eigenvalue weighted by Crippen LogP contribution is 2.20. The lowest BCUT2D eigenvalue weighted by Crippen LogP contribution is -2.53. The van der Waals surface area contributed by atoms with Gasteiger partial charge in [-0.25, -0.2) is 8.78 Å². The molecule has 1 saturated heterocycles. The number of nitrogens with two attached hydrogens (primary N) is 1. The Morgan fingerprint density at radius 3 is 2.40 bits per heavy atom. The van der Waals surface area contributed by atoms with E-state index in [1.165, 1.54) is 0 Å². The van der Waals surface area contributed by atoms with Crippen molar-refractivity contribution in [3.05, 3.63) is 0 Å². The molecular weight excluding hydrogens is 162 g/mol. The van der Waals surface area contributed by atoms with Crippen LogP contribution in [0.25, 0.3) is 0 Å². The monoisotopic (exact) mass is 172 g/mol. The molecule has 1 heterocycles. The Kier molecular flexibility index (Phi) is 3.48. The fourth-order valence-electron chi connectivity index (χ4n) is 0.855. The van der Waals surface area contributed by atoms with Crippen LogP contribution >= 0.6 is 12.4 Å². The standard InChI is InChI=1S/C5H10F2N2.ClH/c6-5(7)3-9-2-1-4(5)8;/h4,9H,1-3,8H2;1H/t4-;/m1./s1. The van der Waals surface area contributed by atoms with Crippen LogP contribution < -0.4 is 11.1 Å². The van der Waals surface area contributed by atoms with Crippen molar-refractivity contribution in [3.8, 4) is 0 Å². The van der Waals surface area contributed by atoms with Gasteiger partial charge in [0, 0.05) is 0 Å². The van der Waals surface area contributed by atoms with E-state index in [4.69, 9.17) is 5.73 Å². The Bertz CT molecular complexity index is 110. The van der Waals surface area contributed by atoms with E-state index in [-0.39, 0.29) is 19.0 Å². The molecule has 1 atom stereocenters. The van der Waals surface area contributed by atoms with E-state index in [0.29, 0.717) is 13.0 Å². The minimum atomic E-state index is -2.70. The van der Waals surface area contributed by atoms with E-state index in [1.807, 2.05) is 0 Å². The molecule has 3 N–H and O–H groups in total. The summed E-state index contributed by atoms with van der Waals surface area (Å²) >= 11 is 0. The van der Waals surface area contributed by atoms with Gasteiger partial charge in [0.1, 0.15) is 0 Å². The molecule has 5 heteroatoms. The van der Waals surface area contributed by atoms with Gasteiger partial charge in [-0.15, -0.1) is 12.4 Å². The summed E-state index contributed by atoms with van der Waals surface area (Å²) in [5, 5.41) is 2.58. The zero-order valence-electron chi connectivity index (χ0n) is 5.44. The van der Waals surface area contributed by atoms with Gasteiger partial charge in [-0.2, -0.15) is 0 Å². The second-order valence-corrected chi connectivity index (χ2v) is 2.33. The minimum Gasteiger partial charge on any atom is -0.323 e. The van der Waals surface area contributed by atoms with Crippen molar-refractivity contribution >= 4 is 12.4 Å². The minimum absolute atomic E-state index is 0. The lowest BCUT2D eigenvalue weighted by molar-refractivity contribution is -0.0388. The van der Waals surface area contributed by atoms with Crippen molar-refractivity contribution < 1.29 is 8.78 Å². The summed E-state index contributed by atoms with van der Waals surface area (Å²) in [5.41, 5.74) is 5.12. The first kappa shape index (κ1) is 10.1. The van der Waals surface area contributed by atoms with Crippen molar-refractivity contribution in [2.75, 3.05) is 13.1 Å². The van der Waals surface area contributed by atoms with Crippen LogP contribution in [0.15, 0.2) is 0 Å². The van der Waals surface area contributed by atoms with Crippen molar-refractivity contribution in [3.63, 3.8) is 0 Å². The number of hydrogen-bond donors (Lipinski definition) is 2. The van der Waals surface area contributed by atoms with E-state index in [2.05, 4.69) is 5.32 Å². The fraction of sp³-hybridized carbons (Fsp3) is 1.00. The highest BCUT2D eigenvalue weighted by atomic mass is 35.5. The van der Waals surface area contributed by atoms with Gasteiger partial charge in [0.05, 0.1) is 12.6 Å². The maximum atomic E-state index is 12.4. The van der Waals surface area contributed by atoms with Crippen LogP contribution in [-0.4, -0.2) is 25.1 Å². The van der Waals surface area contributed by atoms with Gasteiger partial charge in [-0.3, -0.25) is 0 Å². The maximum Gasteiger partial charge on any atom is 0.275 e. The third-order valence-corrected chi connectivity index (χ3v) is 1.54. The molecule has 0 aromatic rings. The number of hydrogen-bond acceptors (Lipinski definition) is 2. The number of piperidine rings is 1. The van der Waals surface area contributed by atoms with Gasteiger partial charge >= 0.3 is 0 Å². The molecule has 10 heavy (non-hydrogen) atoms. The molecule has 62 valence electrons. The average Bonchev–Trinajstić information content (AvgIpc) is 1.77. The molecule has 1 rings (SSSR count). The summed E-state index contributed by atoms with van der Waals surface area (Å²) in [6, 6.07) is -0.946. The van der Waals surface area contributed by atoms with Crippen LogP contribution in [0.1, 0.15) is 6.42 Å². The molecule has 0 amide bonds. The van der Waals surface area contributed by atoms with Crippen molar-refractivity contribution in [1.29, 1.82) is 0 Å². The normalized spacial score (nSPS) is 30.9. The first-order chi connectivity index (χ1) is 4.13. The third kappa shape index (κ3) is 2.04. The average molecular weight is 173 g/mol. The van der Waals surface area contributed by atoms with Crippen molar-refractivity contribution in [2.24, 2.45) is 5.73 Å². The lowest BCUT2D eigenvalue weighted by Gasteiger charge is -2.28. The largest absolute Gasteiger partial charge is 0.323 e. The van der Waals surface area contributed by atoms with Crippen LogP contribution in [0.5, 0.6) is 0 Å². The topological polar surface area (TPSA) is 38.0 Å². The molecule has 1 fully saturated rings. The van der Waals surface area contributed by atoms with E-state index >= 15 is 0 Å². The highest BCUT2D eigenvalue weighted by molar-refractivity contribution is 5.85. The quantitative estimate of drug-likeness (QED) is 0.554. The molecule has 0 bridgehead atoms. The van der Waals surface area contributed by atoms with Gasteiger partial charge in [0.2, 0.25) is 0 Å². The van der Waals surface area contributed by atoms with Crippen LogP contribution in [0.3, 0.4) is 0 Å². The molecule has 0 saturated carbocycles. The highest BCUT2D eigenvalue weighted by Gasteiger charge is 2.38. The predicted octanol–water partition coefficient (Wildman–Crippen LogP) is 0.364. The molecule has 0 aliphatic carbocycles. The smallest absolute Gasteiger partial charge is 0.275 e. The number of alkyl halides is 2. The molecule has 0 spiro atoms. The van der Waals surface area contributed by atoms with Gasteiger partial charge in [0.15, 0.2) is 0 Å². The van der Waals surface area contributed by atoms with Crippen molar-refractivity contribution in [2.45, 2.75) is 18.4 Å².